The first-order valence-corrected chi connectivity index (χ1v) is 13.1. The molecular formula is C29H28N4O2S. The average Bonchev–Trinajstić information content (AvgIpc) is 3.34. The van der Waals surface area contributed by atoms with Crippen LogP contribution in [0, 0.1) is 0 Å². The monoisotopic (exact) mass is 496 g/mol. The van der Waals surface area contributed by atoms with E-state index < -0.39 is 5.76 Å². The summed E-state index contributed by atoms with van der Waals surface area (Å²) in [4.78, 5) is 21.5. The van der Waals surface area contributed by atoms with Crippen molar-refractivity contribution in [1.82, 2.24) is 15.0 Å². The average molecular weight is 497 g/mol. The quantitative estimate of drug-likeness (QED) is 0.317. The molecule has 0 bridgehead atoms. The van der Waals surface area contributed by atoms with Crippen LogP contribution in [0.25, 0.3) is 22.5 Å². The van der Waals surface area contributed by atoms with Gasteiger partial charge in [0.05, 0.1) is 0 Å². The lowest BCUT2D eigenvalue weighted by atomic mass is 9.98. The molecule has 0 amide bonds. The lowest BCUT2D eigenvalue weighted by Gasteiger charge is -2.32. The number of H-pyrrole nitrogens is 1. The van der Waals surface area contributed by atoms with E-state index in [4.69, 9.17) is 9.52 Å². The Morgan fingerprint density at radius 2 is 1.67 bits per heavy atom. The predicted molar refractivity (Wildman–Crippen MR) is 147 cm³/mol. The van der Waals surface area contributed by atoms with Crippen molar-refractivity contribution in [3.05, 3.63) is 112 Å². The van der Waals surface area contributed by atoms with Crippen LogP contribution in [0.3, 0.4) is 0 Å². The minimum Gasteiger partial charge on any atom is -0.343 e. The molecule has 4 aromatic rings. The smallest absolute Gasteiger partial charge is 0.343 e. The summed E-state index contributed by atoms with van der Waals surface area (Å²) in [7, 11) is 0. The lowest BCUT2D eigenvalue weighted by molar-refractivity contribution is 0.346. The third-order valence-electron chi connectivity index (χ3n) is 6.18. The minimum absolute atomic E-state index is 0.0684. The van der Waals surface area contributed by atoms with Gasteiger partial charge in [-0.25, -0.2) is 4.79 Å². The summed E-state index contributed by atoms with van der Waals surface area (Å²) >= 11 is 1.84. The maximum absolute atomic E-state index is 11.5. The number of benzene rings is 3. The van der Waals surface area contributed by atoms with E-state index in [1.807, 2.05) is 42.1 Å². The van der Waals surface area contributed by atoms with Crippen LogP contribution >= 0.6 is 11.8 Å². The highest BCUT2D eigenvalue weighted by molar-refractivity contribution is 7.99. The van der Waals surface area contributed by atoms with E-state index in [2.05, 4.69) is 83.6 Å². The summed E-state index contributed by atoms with van der Waals surface area (Å²) in [6.45, 7) is 5.06. The van der Waals surface area contributed by atoms with Crippen molar-refractivity contribution in [2.24, 2.45) is 4.99 Å². The highest BCUT2D eigenvalue weighted by Crippen LogP contribution is 2.31. The fourth-order valence-corrected chi connectivity index (χ4v) is 5.22. The van der Waals surface area contributed by atoms with Crippen molar-refractivity contribution in [3.63, 3.8) is 0 Å². The summed E-state index contributed by atoms with van der Waals surface area (Å²) in [6, 6.07) is 26.9. The molecule has 2 heterocycles. The molecule has 0 fully saturated rings. The number of nitrogens with zero attached hydrogens (tertiary/aromatic N) is 3. The van der Waals surface area contributed by atoms with Crippen LogP contribution in [0.15, 0.2) is 105 Å². The van der Waals surface area contributed by atoms with E-state index in [0.717, 1.165) is 41.1 Å². The normalized spacial score (nSPS) is 15.5. The van der Waals surface area contributed by atoms with Gasteiger partial charge in [-0.3, -0.25) is 14.5 Å². The van der Waals surface area contributed by atoms with E-state index in [9.17, 15) is 4.79 Å². The summed E-state index contributed by atoms with van der Waals surface area (Å²) in [5, 5.41) is 3.87. The van der Waals surface area contributed by atoms with Gasteiger partial charge in [0, 0.05) is 30.4 Å². The molecule has 0 spiro atoms. The van der Waals surface area contributed by atoms with Crippen LogP contribution in [-0.4, -0.2) is 32.0 Å². The molecule has 0 saturated heterocycles. The second kappa shape index (κ2) is 10.8. The van der Waals surface area contributed by atoms with Crippen molar-refractivity contribution < 1.29 is 4.52 Å². The second-order valence-corrected chi connectivity index (χ2v) is 10.0. The first-order valence-electron chi connectivity index (χ1n) is 12.0. The molecule has 1 aliphatic rings. The molecule has 1 aliphatic heterocycles. The molecule has 1 aromatic heterocycles. The largest absolute Gasteiger partial charge is 0.439 e. The molecule has 3 aromatic carbocycles. The standard InChI is InChI=1S/C29H28N4O2S/c1-3-36-28-30-20(2)24(17-21-9-5-4-6-10-21)19-33(28)18-22-13-15-23(16-14-22)25-11-7-8-12-26(25)27-31-29(34)35-32-27/h4-16,19,28H,3,17-18H2,1-2H3,(H,31,32,34). The van der Waals surface area contributed by atoms with E-state index in [0.29, 0.717) is 5.82 Å². The van der Waals surface area contributed by atoms with Crippen LogP contribution in [-0.2, 0) is 13.0 Å². The fraction of sp³-hybridized carbons (Fsp3) is 0.207. The van der Waals surface area contributed by atoms with Gasteiger partial charge in [-0.2, -0.15) is 0 Å². The molecule has 0 radical (unpaired) electrons. The molecular weight excluding hydrogens is 468 g/mol. The second-order valence-electron chi connectivity index (χ2n) is 8.67. The van der Waals surface area contributed by atoms with Crippen molar-refractivity contribution >= 4 is 17.5 Å². The Kier molecular flexibility index (Phi) is 7.18. The van der Waals surface area contributed by atoms with Gasteiger partial charge in [-0.05, 0) is 40.5 Å². The van der Waals surface area contributed by atoms with Gasteiger partial charge in [0.25, 0.3) is 0 Å². The van der Waals surface area contributed by atoms with E-state index in [1.165, 1.54) is 16.7 Å². The lowest BCUT2D eigenvalue weighted by Crippen LogP contribution is -2.32. The number of hydrogen-bond donors (Lipinski definition) is 1. The highest BCUT2D eigenvalue weighted by Gasteiger charge is 2.22. The Bertz CT molecular complexity index is 1440. The maximum atomic E-state index is 11.5. The first-order chi connectivity index (χ1) is 17.6. The molecule has 0 aliphatic carbocycles. The number of nitrogens with one attached hydrogen (secondary N) is 1. The van der Waals surface area contributed by atoms with Crippen molar-refractivity contribution in [1.29, 1.82) is 0 Å². The molecule has 5 rings (SSSR count). The van der Waals surface area contributed by atoms with Gasteiger partial charge in [-0.15, -0.1) is 11.8 Å². The molecule has 1 unspecified atom stereocenters. The first kappa shape index (κ1) is 23.9. The van der Waals surface area contributed by atoms with E-state index >= 15 is 0 Å². The van der Waals surface area contributed by atoms with E-state index in [-0.39, 0.29) is 5.50 Å². The molecule has 0 saturated carbocycles. The van der Waals surface area contributed by atoms with Crippen LogP contribution in [0.2, 0.25) is 0 Å². The number of allylic oxidation sites excluding steroid dienone is 1. The Balaban J connectivity index is 1.38. The number of aromatic amines is 1. The SMILES string of the molecule is CCSC1N=C(C)C(Cc2ccccc2)=CN1Cc1ccc(-c2ccccc2-c2noc(=O)[nH]2)cc1. The molecule has 36 heavy (non-hydrogen) atoms. The molecule has 1 N–H and O–H groups in total. The highest BCUT2D eigenvalue weighted by atomic mass is 32.2. The number of rotatable bonds is 8. The van der Waals surface area contributed by atoms with Gasteiger partial charge in [0.1, 0.15) is 0 Å². The summed E-state index contributed by atoms with van der Waals surface area (Å²) in [5.74, 6) is 0.866. The molecule has 1 atom stereocenters. The molecule has 7 heteroatoms. The third kappa shape index (κ3) is 5.36. The van der Waals surface area contributed by atoms with Crippen LogP contribution in [0.1, 0.15) is 25.0 Å². The number of hydrogen-bond acceptors (Lipinski definition) is 6. The summed E-state index contributed by atoms with van der Waals surface area (Å²) < 4.78 is 4.71. The van der Waals surface area contributed by atoms with Crippen LogP contribution in [0.4, 0.5) is 0 Å². The van der Waals surface area contributed by atoms with Crippen LogP contribution in [0.5, 0.6) is 0 Å². The Labute approximate surface area is 214 Å². The van der Waals surface area contributed by atoms with Crippen molar-refractivity contribution in [2.75, 3.05) is 5.75 Å². The van der Waals surface area contributed by atoms with Gasteiger partial charge in [-0.1, -0.05) is 90.9 Å². The third-order valence-corrected chi connectivity index (χ3v) is 7.19. The van der Waals surface area contributed by atoms with E-state index in [1.54, 1.807) is 0 Å². The predicted octanol–water partition coefficient (Wildman–Crippen LogP) is 6.14. The zero-order valence-electron chi connectivity index (χ0n) is 20.3. The molecule has 182 valence electrons. The minimum atomic E-state index is -0.561. The van der Waals surface area contributed by atoms with Gasteiger partial charge >= 0.3 is 5.76 Å². The van der Waals surface area contributed by atoms with Gasteiger partial charge < -0.3 is 4.90 Å². The van der Waals surface area contributed by atoms with Crippen LogP contribution < -0.4 is 5.76 Å². The number of aromatic nitrogens is 2. The fourth-order valence-electron chi connectivity index (χ4n) is 4.36. The van der Waals surface area contributed by atoms with Crippen molar-refractivity contribution in [2.45, 2.75) is 32.3 Å². The summed E-state index contributed by atoms with van der Waals surface area (Å²) in [6.07, 6.45) is 3.16. The zero-order chi connectivity index (χ0) is 24.9. The Morgan fingerprint density at radius 3 is 2.36 bits per heavy atom. The number of thioether (sulfide) groups is 1. The Hall–Kier alpha value is -3.84. The van der Waals surface area contributed by atoms with Crippen molar-refractivity contribution in [3.8, 4) is 22.5 Å². The van der Waals surface area contributed by atoms with Gasteiger partial charge in [0.2, 0.25) is 0 Å². The maximum Gasteiger partial charge on any atom is 0.439 e. The number of aliphatic imine (C=N–C) groups is 1. The zero-order valence-corrected chi connectivity index (χ0v) is 21.2. The van der Waals surface area contributed by atoms with Gasteiger partial charge in [0.15, 0.2) is 11.3 Å². The topological polar surface area (TPSA) is 74.5 Å². The molecule has 6 nitrogen and oxygen atoms in total. The summed E-state index contributed by atoms with van der Waals surface area (Å²) in [5.41, 5.74) is 7.78. The Morgan fingerprint density at radius 1 is 0.944 bits per heavy atom.